The number of carbonyl (C=O) groups is 2. The smallest absolute Gasteiger partial charge is 0.261 e. The number of nitrogens with zero attached hydrogens (tertiary/aromatic N) is 1. The summed E-state index contributed by atoms with van der Waals surface area (Å²) in [5.41, 5.74) is 5.28. The van der Waals surface area contributed by atoms with Crippen LogP contribution < -0.4 is 11.1 Å². The molecule has 0 radical (unpaired) electrons. The molecular weight excluding hydrogens is 262 g/mol. The number of thiophene rings is 1. The molecule has 1 aromatic rings. The Morgan fingerprint density at radius 1 is 1.42 bits per heavy atom. The van der Waals surface area contributed by atoms with Crippen molar-refractivity contribution >= 4 is 23.2 Å². The number of carbonyl (C=O) groups excluding carboxylic acids is 2. The Morgan fingerprint density at radius 3 is 2.79 bits per heavy atom. The second kappa shape index (κ2) is 7.56. The lowest BCUT2D eigenvalue weighted by molar-refractivity contribution is -0.128. The molecule has 0 saturated carbocycles. The zero-order valence-corrected chi connectivity index (χ0v) is 11.8. The summed E-state index contributed by atoms with van der Waals surface area (Å²) in [5, 5.41) is 2.71. The van der Waals surface area contributed by atoms with Gasteiger partial charge in [-0.1, -0.05) is 11.8 Å². The van der Waals surface area contributed by atoms with Crippen LogP contribution in [0.4, 0.5) is 0 Å². The summed E-state index contributed by atoms with van der Waals surface area (Å²) in [6.07, 6.45) is 0.296. The SMILES string of the molecule is CN(C)C(=O)CCNC(=O)c1ccc(C#CCN)s1. The van der Waals surface area contributed by atoms with Gasteiger partial charge in [-0.15, -0.1) is 11.3 Å². The van der Waals surface area contributed by atoms with Crippen molar-refractivity contribution < 1.29 is 9.59 Å². The Labute approximate surface area is 116 Å². The van der Waals surface area contributed by atoms with Crippen molar-refractivity contribution in [1.29, 1.82) is 0 Å². The highest BCUT2D eigenvalue weighted by Crippen LogP contribution is 2.15. The van der Waals surface area contributed by atoms with E-state index in [1.807, 2.05) is 0 Å². The number of nitrogens with one attached hydrogen (secondary N) is 1. The first-order chi connectivity index (χ1) is 9.04. The van der Waals surface area contributed by atoms with Crippen LogP contribution in [0.5, 0.6) is 0 Å². The van der Waals surface area contributed by atoms with Gasteiger partial charge in [0.15, 0.2) is 0 Å². The van der Waals surface area contributed by atoms with Crippen molar-refractivity contribution in [3.05, 3.63) is 21.9 Å². The van der Waals surface area contributed by atoms with E-state index < -0.39 is 0 Å². The van der Waals surface area contributed by atoms with Crippen LogP contribution in [-0.4, -0.2) is 43.9 Å². The molecule has 1 aromatic heterocycles. The summed E-state index contributed by atoms with van der Waals surface area (Å²) in [7, 11) is 3.37. The number of nitrogens with two attached hydrogens (primary N) is 1. The first-order valence-corrected chi connectivity index (χ1v) is 6.63. The molecule has 102 valence electrons. The lowest BCUT2D eigenvalue weighted by Crippen LogP contribution is -2.29. The van der Waals surface area contributed by atoms with Crippen LogP contribution in [-0.2, 0) is 4.79 Å². The van der Waals surface area contributed by atoms with Gasteiger partial charge >= 0.3 is 0 Å². The lowest BCUT2D eigenvalue weighted by atomic mass is 10.3. The van der Waals surface area contributed by atoms with E-state index in [0.29, 0.717) is 24.4 Å². The van der Waals surface area contributed by atoms with Crippen LogP contribution in [0, 0.1) is 11.8 Å². The molecule has 0 aliphatic heterocycles. The lowest BCUT2D eigenvalue weighted by Gasteiger charge is -2.09. The first kappa shape index (κ1) is 15.2. The van der Waals surface area contributed by atoms with Gasteiger partial charge in [-0.3, -0.25) is 9.59 Å². The molecule has 0 unspecified atom stereocenters. The Balaban J connectivity index is 2.46. The van der Waals surface area contributed by atoms with Gasteiger partial charge in [0.2, 0.25) is 5.91 Å². The summed E-state index contributed by atoms with van der Waals surface area (Å²) in [6.45, 7) is 0.629. The fraction of sp³-hybridized carbons (Fsp3) is 0.385. The van der Waals surface area contributed by atoms with Gasteiger partial charge in [-0.25, -0.2) is 0 Å². The zero-order chi connectivity index (χ0) is 14.3. The highest BCUT2D eigenvalue weighted by molar-refractivity contribution is 7.14. The van der Waals surface area contributed by atoms with Crippen molar-refractivity contribution in [1.82, 2.24) is 10.2 Å². The van der Waals surface area contributed by atoms with Crippen molar-refractivity contribution in [3.63, 3.8) is 0 Å². The van der Waals surface area contributed by atoms with Crippen LogP contribution in [0.15, 0.2) is 12.1 Å². The third kappa shape index (κ3) is 5.12. The summed E-state index contributed by atoms with van der Waals surface area (Å²) >= 11 is 1.31. The molecule has 0 saturated heterocycles. The highest BCUT2D eigenvalue weighted by Gasteiger charge is 2.09. The van der Waals surface area contributed by atoms with Gasteiger partial charge in [-0.2, -0.15) is 0 Å². The molecule has 1 heterocycles. The largest absolute Gasteiger partial charge is 0.351 e. The third-order valence-electron chi connectivity index (χ3n) is 2.27. The average molecular weight is 279 g/mol. The van der Waals surface area contributed by atoms with E-state index in [9.17, 15) is 9.59 Å². The normalized spacial score (nSPS) is 9.42. The summed E-state index contributed by atoms with van der Waals surface area (Å²) in [4.78, 5) is 26.0. The van der Waals surface area contributed by atoms with Gasteiger partial charge in [0.05, 0.1) is 16.3 Å². The number of rotatable bonds is 4. The number of hydrogen-bond acceptors (Lipinski definition) is 4. The van der Waals surface area contributed by atoms with Gasteiger partial charge in [0, 0.05) is 27.1 Å². The van der Waals surface area contributed by atoms with Crippen LogP contribution in [0.1, 0.15) is 21.0 Å². The molecule has 0 aliphatic rings. The van der Waals surface area contributed by atoms with E-state index in [1.165, 1.54) is 16.2 Å². The third-order valence-corrected chi connectivity index (χ3v) is 3.27. The van der Waals surface area contributed by atoms with Gasteiger partial charge in [0.1, 0.15) is 0 Å². The topological polar surface area (TPSA) is 75.4 Å². The van der Waals surface area contributed by atoms with Gasteiger partial charge in [-0.05, 0) is 12.1 Å². The minimum Gasteiger partial charge on any atom is -0.351 e. The maximum Gasteiger partial charge on any atom is 0.261 e. The van der Waals surface area contributed by atoms with Crippen molar-refractivity contribution in [2.75, 3.05) is 27.2 Å². The molecule has 3 N–H and O–H groups in total. The average Bonchev–Trinajstić information content (AvgIpc) is 2.84. The molecule has 1 rings (SSSR count). The number of amides is 2. The standard InChI is InChI=1S/C13H17N3O2S/c1-16(2)12(17)7-9-15-13(18)11-6-5-10(19-11)4-3-8-14/h5-6H,7-9,14H2,1-2H3,(H,15,18). The maximum absolute atomic E-state index is 11.8. The van der Waals surface area contributed by atoms with Crippen molar-refractivity contribution in [2.45, 2.75) is 6.42 Å². The minimum atomic E-state index is -0.183. The molecule has 0 aromatic carbocycles. The zero-order valence-electron chi connectivity index (χ0n) is 11.0. The quantitative estimate of drug-likeness (QED) is 0.777. The van der Waals surface area contributed by atoms with Crippen LogP contribution in [0.3, 0.4) is 0 Å². The van der Waals surface area contributed by atoms with Crippen molar-refractivity contribution in [2.24, 2.45) is 5.73 Å². The Kier molecular flexibility index (Phi) is 6.06. The molecule has 0 fully saturated rings. The van der Waals surface area contributed by atoms with E-state index in [4.69, 9.17) is 5.73 Å². The van der Waals surface area contributed by atoms with E-state index in [1.54, 1.807) is 26.2 Å². The molecule has 6 heteroatoms. The van der Waals surface area contributed by atoms with E-state index >= 15 is 0 Å². The summed E-state index contributed by atoms with van der Waals surface area (Å²) in [6, 6.07) is 3.50. The molecule has 2 amide bonds. The molecule has 5 nitrogen and oxygen atoms in total. The van der Waals surface area contributed by atoms with Gasteiger partial charge < -0.3 is 16.0 Å². The van der Waals surface area contributed by atoms with E-state index in [2.05, 4.69) is 17.2 Å². The fourth-order valence-electron chi connectivity index (χ4n) is 1.26. The Hall–Kier alpha value is -1.84. The monoisotopic (exact) mass is 279 g/mol. The molecule has 0 bridgehead atoms. The second-order valence-corrected chi connectivity index (χ2v) is 5.05. The maximum atomic E-state index is 11.8. The van der Waals surface area contributed by atoms with Crippen LogP contribution in [0.25, 0.3) is 0 Å². The molecule has 0 aliphatic carbocycles. The summed E-state index contributed by atoms with van der Waals surface area (Å²) < 4.78 is 0. The van der Waals surface area contributed by atoms with Gasteiger partial charge in [0.25, 0.3) is 5.91 Å². The molecular formula is C13H17N3O2S. The minimum absolute atomic E-state index is 0.0130. The highest BCUT2D eigenvalue weighted by atomic mass is 32.1. The number of hydrogen-bond donors (Lipinski definition) is 2. The first-order valence-electron chi connectivity index (χ1n) is 5.81. The van der Waals surface area contributed by atoms with E-state index in [-0.39, 0.29) is 11.8 Å². The molecule has 0 spiro atoms. The summed E-state index contributed by atoms with van der Waals surface area (Å²) in [5.74, 6) is 5.41. The van der Waals surface area contributed by atoms with Crippen LogP contribution >= 0.6 is 11.3 Å². The van der Waals surface area contributed by atoms with Crippen LogP contribution in [0.2, 0.25) is 0 Å². The molecule has 0 atom stereocenters. The Morgan fingerprint density at radius 2 is 2.16 bits per heavy atom. The second-order valence-electron chi connectivity index (χ2n) is 3.96. The van der Waals surface area contributed by atoms with Crippen molar-refractivity contribution in [3.8, 4) is 11.8 Å². The predicted octanol–water partition coefficient (Wildman–Crippen LogP) is 0.266. The Bertz CT molecular complexity index is 511. The van der Waals surface area contributed by atoms with E-state index in [0.717, 1.165) is 4.88 Å². The molecule has 19 heavy (non-hydrogen) atoms. The predicted molar refractivity (Wildman–Crippen MR) is 75.9 cm³/mol. The fourth-order valence-corrected chi connectivity index (χ4v) is 2.06.